The smallest absolute Gasteiger partial charge is 0.0319 e. The molecular weight excluding hydrogens is 576 g/mol. The van der Waals surface area contributed by atoms with Crippen LogP contribution in [0, 0.1) is 6.07 Å². The van der Waals surface area contributed by atoms with Gasteiger partial charge in [0.15, 0.2) is 0 Å². The van der Waals surface area contributed by atoms with E-state index in [1.54, 1.807) is 0 Å². The Morgan fingerprint density at radius 2 is 1.18 bits per heavy atom. The fourth-order valence-corrected chi connectivity index (χ4v) is 4.65. The number of benzene rings is 4. The maximum atomic E-state index is 7.00. The number of aliphatic hydroxyl groups is 1. The Labute approximate surface area is 247 Å². The predicted octanol–water partition coefficient (Wildman–Crippen LogP) is 8.57. The zero-order chi connectivity index (χ0) is 27.5. The van der Waals surface area contributed by atoms with Gasteiger partial charge < -0.3 is 10.8 Å². The molecule has 4 rings (SSSR count). The third-order valence-corrected chi connectivity index (χ3v) is 6.83. The summed E-state index contributed by atoms with van der Waals surface area (Å²) in [6.07, 6.45) is 0. The van der Waals surface area contributed by atoms with E-state index in [0.29, 0.717) is 17.8 Å². The molecule has 0 aromatic heterocycles. The summed E-state index contributed by atoms with van der Waals surface area (Å²) < 4.78 is 0. The van der Waals surface area contributed by atoms with Crippen molar-refractivity contribution in [3.05, 3.63) is 108 Å². The van der Waals surface area contributed by atoms with Crippen molar-refractivity contribution in [2.45, 2.75) is 59.3 Å². The molecule has 38 heavy (non-hydrogen) atoms. The van der Waals surface area contributed by atoms with E-state index in [4.69, 9.17) is 10.8 Å². The van der Waals surface area contributed by atoms with Crippen molar-refractivity contribution >= 4 is 20.2 Å². The Hall–Kier alpha value is -2.27. The van der Waals surface area contributed by atoms with Gasteiger partial charge in [-0.1, -0.05) is 102 Å². The number of hydrogen-bond donors (Lipinski definition) is 2. The second kappa shape index (κ2) is 16.6. The van der Waals surface area contributed by atoms with Crippen molar-refractivity contribution in [2.24, 2.45) is 0 Å². The fraction of sp³-hybridized carbons (Fsp3) is 0.294. The van der Waals surface area contributed by atoms with Gasteiger partial charge in [-0.25, -0.2) is 0 Å². The maximum Gasteiger partial charge on any atom is 0.0319 e. The largest absolute Gasteiger partial charge is 0.406 e. The summed E-state index contributed by atoms with van der Waals surface area (Å²) in [6.45, 7) is 13.8. The van der Waals surface area contributed by atoms with Crippen molar-refractivity contribution in [3.8, 4) is 22.3 Å². The molecule has 0 aliphatic rings. The molecule has 0 aliphatic carbocycles. The van der Waals surface area contributed by atoms with Crippen LogP contribution >= 0.6 is 9.24 Å². The Morgan fingerprint density at radius 1 is 0.684 bits per heavy atom. The number of para-hydroxylation sites is 1. The van der Waals surface area contributed by atoms with E-state index >= 15 is 0 Å². The van der Waals surface area contributed by atoms with E-state index in [-0.39, 0.29) is 20.4 Å². The van der Waals surface area contributed by atoms with E-state index in [0.717, 1.165) is 23.9 Å². The van der Waals surface area contributed by atoms with Gasteiger partial charge in [0.2, 0.25) is 0 Å². The molecule has 2 nitrogen and oxygen atoms in total. The third kappa shape index (κ3) is 8.90. The summed E-state index contributed by atoms with van der Waals surface area (Å²) in [5.74, 6) is 1.61. The summed E-state index contributed by atoms with van der Waals surface area (Å²) in [5, 5.41) is 8.28. The molecule has 0 bridgehead atoms. The van der Waals surface area contributed by atoms with E-state index < -0.39 is 0 Å². The van der Waals surface area contributed by atoms with Gasteiger partial charge in [-0.3, -0.25) is 0 Å². The summed E-state index contributed by atoms with van der Waals surface area (Å²) >= 11 is 0. The van der Waals surface area contributed by atoms with Crippen LogP contribution in [0.4, 0.5) is 5.69 Å². The minimum Gasteiger partial charge on any atom is -0.406 e. The van der Waals surface area contributed by atoms with Crippen LogP contribution < -0.4 is 11.0 Å². The molecule has 0 fully saturated rings. The molecule has 4 aromatic rings. The van der Waals surface area contributed by atoms with Gasteiger partial charge in [0, 0.05) is 27.5 Å². The molecule has 0 spiro atoms. The number of anilines is 1. The van der Waals surface area contributed by atoms with Gasteiger partial charge in [0.1, 0.15) is 0 Å². The van der Waals surface area contributed by atoms with Gasteiger partial charge in [-0.05, 0) is 62.6 Å². The maximum absolute atomic E-state index is 7.00. The van der Waals surface area contributed by atoms with Crippen molar-refractivity contribution < 1.29 is 25.5 Å². The van der Waals surface area contributed by atoms with Gasteiger partial charge in [-0.2, -0.15) is 0 Å². The first-order valence-corrected chi connectivity index (χ1v) is 13.6. The van der Waals surface area contributed by atoms with Crippen LogP contribution in [0.2, 0.25) is 0 Å². The average Bonchev–Trinajstić information content (AvgIpc) is 2.90. The van der Waals surface area contributed by atoms with Crippen molar-refractivity contribution in [2.75, 3.05) is 12.8 Å². The van der Waals surface area contributed by atoms with Crippen LogP contribution in [-0.2, 0) is 20.4 Å². The molecule has 0 saturated carbocycles. The minimum atomic E-state index is 0. The first kappa shape index (κ1) is 33.8. The number of nitrogen functional groups attached to an aromatic ring is 1. The molecule has 1 atom stereocenters. The Balaban J connectivity index is 0.000000385. The molecule has 0 heterocycles. The second-order valence-electron chi connectivity index (χ2n) is 9.99. The molecule has 0 aliphatic heterocycles. The summed E-state index contributed by atoms with van der Waals surface area (Å²) in [4.78, 5) is 0. The minimum absolute atomic E-state index is 0. The van der Waals surface area contributed by atoms with Crippen molar-refractivity contribution in [1.29, 1.82) is 0 Å². The van der Waals surface area contributed by atoms with E-state index in [2.05, 4.69) is 93.2 Å². The van der Waals surface area contributed by atoms with Crippen LogP contribution in [0.25, 0.3) is 22.3 Å². The first-order chi connectivity index (χ1) is 17.7. The van der Waals surface area contributed by atoms with Crippen molar-refractivity contribution in [1.82, 2.24) is 0 Å². The number of nitrogens with two attached hydrogens (primary N) is 1. The van der Waals surface area contributed by atoms with Gasteiger partial charge in [0.25, 0.3) is 0 Å². The van der Waals surface area contributed by atoms with E-state index in [1.807, 2.05) is 48.5 Å². The Morgan fingerprint density at radius 3 is 1.63 bits per heavy atom. The van der Waals surface area contributed by atoms with Crippen LogP contribution in [0.5, 0.6) is 0 Å². The third-order valence-electron chi connectivity index (χ3n) is 6.32. The van der Waals surface area contributed by atoms with Gasteiger partial charge in [-0.15, -0.1) is 45.1 Å². The van der Waals surface area contributed by atoms with E-state index in [1.165, 1.54) is 33.1 Å². The second-order valence-corrected chi connectivity index (χ2v) is 10.6. The topological polar surface area (TPSA) is 46.2 Å². The van der Waals surface area contributed by atoms with Crippen LogP contribution in [0.1, 0.15) is 76.0 Å². The standard InChI is InChI=1S/C21H29P.C12H10N.CH4O.Pd/c1-13(2)16-11-18(14(3)4)21(19(12-16)15(5)6)17-9-7-8-10-20(17)22;13-12-9-5-4-8-11(12)10-6-2-1-3-7-10;1-2;/h7-15H,22H2,1-6H3;1-6,8-9H,13H2;2H,1H3;/q;-1;;. The summed E-state index contributed by atoms with van der Waals surface area (Å²) in [6, 6.07) is 32.3. The van der Waals surface area contributed by atoms with Gasteiger partial charge in [0.05, 0.1) is 0 Å². The normalized spacial score (nSPS) is 10.3. The van der Waals surface area contributed by atoms with Crippen LogP contribution in [0.3, 0.4) is 0 Å². The van der Waals surface area contributed by atoms with Crippen LogP contribution in [0.15, 0.2) is 84.9 Å². The van der Waals surface area contributed by atoms with Crippen LogP contribution in [-0.4, -0.2) is 12.2 Å². The molecule has 0 radical (unpaired) electrons. The monoisotopic (exact) mass is 618 g/mol. The summed E-state index contributed by atoms with van der Waals surface area (Å²) in [5.41, 5.74) is 15.9. The average molecular weight is 619 g/mol. The summed E-state index contributed by atoms with van der Waals surface area (Å²) in [7, 11) is 3.90. The molecule has 0 saturated heterocycles. The molecule has 4 heteroatoms. The molecule has 0 amide bonds. The first-order valence-electron chi connectivity index (χ1n) is 13.0. The number of aliphatic hydroxyl groups excluding tert-OH is 1. The number of rotatable bonds is 5. The molecule has 1 unspecified atom stereocenters. The SMILES string of the molecule is CC(C)c1cc(C(C)C)c(-c2ccccc2P)c(C(C)C)c1.CO.Nc1ccccc1-c1[c-]cccc1.[Pd]. The zero-order valence-electron chi connectivity index (χ0n) is 23.7. The van der Waals surface area contributed by atoms with Gasteiger partial charge >= 0.3 is 0 Å². The molecule has 3 N–H and O–H groups in total. The molecular formula is C34H43NOPPd-. The fourth-order valence-electron chi connectivity index (χ4n) is 4.29. The Kier molecular flexibility index (Phi) is 14.8. The number of hydrogen-bond acceptors (Lipinski definition) is 2. The molecule has 4 aromatic carbocycles. The Bertz CT molecular complexity index is 1220. The predicted molar refractivity (Wildman–Crippen MR) is 167 cm³/mol. The quantitative estimate of drug-likeness (QED) is 0.102. The zero-order valence-corrected chi connectivity index (χ0v) is 26.4. The van der Waals surface area contributed by atoms with E-state index in [9.17, 15) is 0 Å². The molecule has 206 valence electrons. The van der Waals surface area contributed by atoms with Crippen molar-refractivity contribution in [3.63, 3.8) is 0 Å².